The first kappa shape index (κ1) is 13.6. The third kappa shape index (κ3) is 5.83. The number of ether oxygens (including phenoxy) is 2. The number of hydrogen-bond acceptors (Lipinski definition) is 5. The number of Topliss-reactive ketones (excluding diaryl/α,β-unsaturated/α-hetero) is 1. The maximum Gasteiger partial charge on any atom is 0.374 e. The van der Waals surface area contributed by atoms with Crippen molar-refractivity contribution in [2.45, 2.75) is 39.2 Å². The van der Waals surface area contributed by atoms with Gasteiger partial charge in [-0.1, -0.05) is 13.3 Å². The van der Waals surface area contributed by atoms with Gasteiger partial charge in [0.25, 0.3) is 0 Å². The molecule has 0 aromatic rings. The molecule has 0 saturated carbocycles. The van der Waals surface area contributed by atoms with Crippen molar-refractivity contribution in [3.05, 3.63) is 0 Å². The Balaban J connectivity index is 4.21. The fraction of sp³-hybridized carbons (Fsp3) is 0.700. The first-order valence-corrected chi connectivity index (χ1v) is 4.79. The van der Waals surface area contributed by atoms with Gasteiger partial charge in [0.2, 0.25) is 5.78 Å². The molecule has 0 aliphatic heterocycles. The lowest BCUT2D eigenvalue weighted by Gasteiger charge is -2.14. The molecule has 0 bridgehead atoms. The zero-order valence-electron chi connectivity index (χ0n) is 9.24. The van der Waals surface area contributed by atoms with Gasteiger partial charge < -0.3 is 9.47 Å². The van der Waals surface area contributed by atoms with Gasteiger partial charge in [-0.05, 0) is 6.42 Å². The Morgan fingerprint density at radius 1 is 1.27 bits per heavy atom. The molecule has 0 aromatic carbocycles. The molecule has 0 N–H and O–H groups in total. The molecule has 15 heavy (non-hydrogen) atoms. The number of carbonyl (C=O) groups is 3. The molecule has 0 aromatic heterocycles. The highest BCUT2D eigenvalue weighted by Gasteiger charge is 2.21. The smallest absolute Gasteiger partial charge is 0.374 e. The maximum atomic E-state index is 11.2. The summed E-state index contributed by atoms with van der Waals surface area (Å²) in [6.45, 7) is 3.17. The molecule has 0 aliphatic carbocycles. The van der Waals surface area contributed by atoms with Crippen LogP contribution in [0.2, 0.25) is 0 Å². The number of ketones is 1. The summed E-state index contributed by atoms with van der Waals surface area (Å²) in [7, 11) is 1.14. The number of hydrogen-bond donors (Lipinski definition) is 0. The molecular weight excluding hydrogens is 200 g/mol. The first-order valence-electron chi connectivity index (χ1n) is 4.79. The van der Waals surface area contributed by atoms with E-state index < -0.39 is 23.8 Å². The second-order valence-electron chi connectivity index (χ2n) is 3.14. The van der Waals surface area contributed by atoms with E-state index in [0.717, 1.165) is 13.5 Å². The van der Waals surface area contributed by atoms with Crippen molar-refractivity contribution in [2.24, 2.45) is 0 Å². The maximum absolute atomic E-state index is 11.2. The van der Waals surface area contributed by atoms with Crippen molar-refractivity contribution in [1.29, 1.82) is 0 Å². The molecule has 0 heterocycles. The van der Waals surface area contributed by atoms with E-state index in [1.165, 1.54) is 6.92 Å². The molecule has 0 rings (SSSR count). The van der Waals surface area contributed by atoms with Crippen LogP contribution >= 0.6 is 0 Å². The molecule has 86 valence electrons. The van der Waals surface area contributed by atoms with Crippen molar-refractivity contribution in [2.75, 3.05) is 7.11 Å². The second kappa shape index (κ2) is 6.98. The monoisotopic (exact) mass is 216 g/mol. The van der Waals surface area contributed by atoms with Gasteiger partial charge in [0.1, 0.15) is 6.10 Å². The molecule has 0 radical (unpaired) electrons. The number of esters is 2. The third-order valence-electron chi connectivity index (χ3n) is 1.77. The van der Waals surface area contributed by atoms with Gasteiger partial charge in [-0.2, -0.15) is 0 Å². The van der Waals surface area contributed by atoms with Gasteiger partial charge in [0, 0.05) is 6.92 Å². The normalized spacial score (nSPS) is 11.7. The van der Waals surface area contributed by atoms with Crippen molar-refractivity contribution in [3.8, 4) is 0 Å². The SMILES string of the molecule is CCCC(CC(=O)C(=O)OC)OC(C)=O. The van der Waals surface area contributed by atoms with E-state index in [1.54, 1.807) is 0 Å². The average Bonchev–Trinajstić information content (AvgIpc) is 2.15. The minimum atomic E-state index is -0.900. The van der Waals surface area contributed by atoms with Crippen LogP contribution in [-0.4, -0.2) is 30.9 Å². The quantitative estimate of drug-likeness (QED) is 0.486. The zero-order chi connectivity index (χ0) is 11.8. The summed E-state index contributed by atoms with van der Waals surface area (Å²) in [5, 5.41) is 0. The number of methoxy groups -OCH3 is 1. The summed E-state index contributed by atoms with van der Waals surface area (Å²) in [6, 6.07) is 0. The van der Waals surface area contributed by atoms with E-state index >= 15 is 0 Å². The van der Waals surface area contributed by atoms with Gasteiger partial charge in [-0.25, -0.2) is 4.79 Å². The first-order chi connectivity index (χ1) is 7.01. The largest absolute Gasteiger partial charge is 0.463 e. The topological polar surface area (TPSA) is 69.7 Å². The lowest BCUT2D eigenvalue weighted by Crippen LogP contribution is -2.25. The Morgan fingerprint density at radius 2 is 1.87 bits per heavy atom. The van der Waals surface area contributed by atoms with Crippen LogP contribution < -0.4 is 0 Å². The standard InChI is InChI=1S/C10H16O5/c1-4-5-8(15-7(2)11)6-9(12)10(13)14-3/h8H,4-6H2,1-3H3. The van der Waals surface area contributed by atoms with Crippen molar-refractivity contribution >= 4 is 17.7 Å². The Morgan fingerprint density at radius 3 is 2.27 bits per heavy atom. The summed E-state index contributed by atoms with van der Waals surface area (Å²) in [5.74, 6) is -2.02. The molecule has 0 fully saturated rings. The van der Waals surface area contributed by atoms with Gasteiger partial charge >= 0.3 is 11.9 Å². The van der Waals surface area contributed by atoms with Gasteiger partial charge in [-0.15, -0.1) is 0 Å². The van der Waals surface area contributed by atoms with E-state index in [1.807, 2.05) is 6.92 Å². The van der Waals surface area contributed by atoms with Crippen LogP contribution in [0.25, 0.3) is 0 Å². The highest BCUT2D eigenvalue weighted by molar-refractivity contribution is 6.33. The fourth-order valence-corrected chi connectivity index (χ4v) is 1.16. The molecule has 1 unspecified atom stereocenters. The van der Waals surface area contributed by atoms with Crippen LogP contribution in [0.15, 0.2) is 0 Å². The second-order valence-corrected chi connectivity index (χ2v) is 3.14. The third-order valence-corrected chi connectivity index (χ3v) is 1.77. The van der Waals surface area contributed by atoms with E-state index in [0.29, 0.717) is 6.42 Å². The average molecular weight is 216 g/mol. The van der Waals surface area contributed by atoms with E-state index in [4.69, 9.17) is 4.74 Å². The Kier molecular flexibility index (Phi) is 6.33. The van der Waals surface area contributed by atoms with Crippen LogP contribution in [0.3, 0.4) is 0 Å². The van der Waals surface area contributed by atoms with Crippen molar-refractivity contribution in [3.63, 3.8) is 0 Å². The zero-order valence-corrected chi connectivity index (χ0v) is 9.24. The Labute approximate surface area is 88.7 Å². The minimum absolute atomic E-state index is 0.111. The van der Waals surface area contributed by atoms with Gasteiger partial charge in [0.05, 0.1) is 13.5 Å². The predicted molar refractivity (Wildman–Crippen MR) is 52.1 cm³/mol. The van der Waals surface area contributed by atoms with Gasteiger partial charge in [-0.3, -0.25) is 9.59 Å². The lowest BCUT2D eigenvalue weighted by atomic mass is 10.1. The molecule has 1 atom stereocenters. The summed E-state index contributed by atoms with van der Waals surface area (Å²) in [5.41, 5.74) is 0. The fourth-order valence-electron chi connectivity index (χ4n) is 1.16. The van der Waals surface area contributed by atoms with Crippen LogP contribution in [0, 0.1) is 0 Å². The molecule has 0 spiro atoms. The van der Waals surface area contributed by atoms with Crippen LogP contribution in [0.5, 0.6) is 0 Å². The summed E-state index contributed by atoms with van der Waals surface area (Å²) < 4.78 is 9.16. The summed E-state index contributed by atoms with van der Waals surface area (Å²) in [6.07, 6.45) is 0.688. The Bertz CT molecular complexity index is 246. The highest BCUT2D eigenvalue weighted by Crippen LogP contribution is 2.08. The highest BCUT2D eigenvalue weighted by atomic mass is 16.5. The van der Waals surface area contributed by atoms with E-state index in [-0.39, 0.29) is 6.42 Å². The van der Waals surface area contributed by atoms with E-state index in [9.17, 15) is 14.4 Å². The summed E-state index contributed by atoms with van der Waals surface area (Å²) >= 11 is 0. The van der Waals surface area contributed by atoms with E-state index in [2.05, 4.69) is 4.74 Å². The molecule has 0 aliphatic rings. The van der Waals surface area contributed by atoms with Crippen molar-refractivity contribution < 1.29 is 23.9 Å². The molecule has 5 heteroatoms. The molecule has 0 amide bonds. The van der Waals surface area contributed by atoms with Crippen LogP contribution in [0.4, 0.5) is 0 Å². The van der Waals surface area contributed by atoms with Crippen molar-refractivity contribution in [1.82, 2.24) is 0 Å². The molecular formula is C10H16O5. The summed E-state index contributed by atoms with van der Waals surface area (Å²) in [4.78, 5) is 32.7. The molecule has 5 nitrogen and oxygen atoms in total. The molecule has 0 saturated heterocycles. The Hall–Kier alpha value is -1.39. The predicted octanol–water partition coefficient (Wildman–Crippen LogP) is 0.850. The number of carbonyl (C=O) groups excluding carboxylic acids is 3. The van der Waals surface area contributed by atoms with Crippen LogP contribution in [0.1, 0.15) is 33.1 Å². The lowest BCUT2D eigenvalue weighted by molar-refractivity contribution is -0.155. The van der Waals surface area contributed by atoms with Gasteiger partial charge in [0.15, 0.2) is 0 Å². The van der Waals surface area contributed by atoms with Crippen LogP contribution in [-0.2, 0) is 23.9 Å². The number of rotatable bonds is 6. The minimum Gasteiger partial charge on any atom is -0.463 e.